The molecule has 1 amide bonds. The van der Waals surface area contributed by atoms with Gasteiger partial charge in [-0.3, -0.25) is 14.9 Å². The number of rotatable bonds is 3. The molecule has 0 fully saturated rings. The largest absolute Gasteiger partial charge is 0.481 e. The molecule has 1 heterocycles. The molecule has 0 aromatic heterocycles. The van der Waals surface area contributed by atoms with Crippen LogP contribution in [0.15, 0.2) is 42.5 Å². The van der Waals surface area contributed by atoms with E-state index in [1.54, 1.807) is 11.0 Å². The Balaban J connectivity index is 1.95. The smallest absolute Gasteiger partial charge is 0.273 e. The third-order valence-corrected chi connectivity index (χ3v) is 3.52. The van der Waals surface area contributed by atoms with E-state index in [9.17, 15) is 14.9 Å². The summed E-state index contributed by atoms with van der Waals surface area (Å²) in [6, 6.07) is 12.2. The summed E-state index contributed by atoms with van der Waals surface area (Å²) in [5.74, 6) is 0.198. The molecule has 0 unspecified atom stereocenters. The molecule has 3 rings (SSSR count). The lowest BCUT2D eigenvalue weighted by Crippen LogP contribution is -2.38. The van der Waals surface area contributed by atoms with Gasteiger partial charge in [-0.2, -0.15) is 0 Å². The second-order valence-electron chi connectivity index (χ2n) is 5.17. The number of hydrogen-bond acceptors (Lipinski definition) is 4. The van der Waals surface area contributed by atoms with E-state index in [-0.39, 0.29) is 18.2 Å². The highest BCUT2D eigenvalue weighted by molar-refractivity contribution is 5.98. The summed E-state index contributed by atoms with van der Waals surface area (Å²) in [6.45, 7) is 2.29. The minimum atomic E-state index is -0.481. The summed E-state index contributed by atoms with van der Waals surface area (Å²) < 4.78 is 5.32. The number of ether oxygens (including phenoxy) is 1. The first kappa shape index (κ1) is 14.1. The van der Waals surface area contributed by atoms with Crippen molar-refractivity contribution < 1.29 is 14.5 Å². The average Bonchev–Trinajstić information content (AvgIpc) is 2.49. The first-order valence-electron chi connectivity index (χ1n) is 6.82. The van der Waals surface area contributed by atoms with Crippen molar-refractivity contribution in [1.82, 2.24) is 0 Å². The van der Waals surface area contributed by atoms with Crippen LogP contribution in [0, 0.1) is 17.0 Å². The number of nitro benzene ring substituents is 1. The van der Waals surface area contributed by atoms with Crippen molar-refractivity contribution in [2.75, 3.05) is 11.5 Å². The summed E-state index contributed by atoms with van der Waals surface area (Å²) in [6.07, 6.45) is 0. The van der Waals surface area contributed by atoms with Crippen molar-refractivity contribution in [2.24, 2.45) is 0 Å². The van der Waals surface area contributed by atoms with Gasteiger partial charge in [-0.25, -0.2) is 0 Å². The average molecular weight is 298 g/mol. The second-order valence-corrected chi connectivity index (χ2v) is 5.17. The lowest BCUT2D eigenvalue weighted by molar-refractivity contribution is -0.384. The molecular formula is C16H14N2O4. The van der Waals surface area contributed by atoms with Crippen LogP contribution in [0.25, 0.3) is 0 Å². The van der Waals surface area contributed by atoms with E-state index in [4.69, 9.17) is 4.74 Å². The Kier molecular flexibility index (Phi) is 3.50. The Labute approximate surface area is 127 Å². The van der Waals surface area contributed by atoms with Crippen LogP contribution in [-0.2, 0) is 11.3 Å². The number of fused-ring (bicyclic) bond motifs is 1. The number of non-ortho nitro benzene ring substituents is 1. The standard InChI is InChI=1S/C16H14N2O4/c1-11-3-2-4-12(7-11)9-17-14-6-5-13(18(20)21)8-15(14)22-10-16(17)19/h2-8H,9-10H2,1H3. The van der Waals surface area contributed by atoms with Crippen molar-refractivity contribution in [3.8, 4) is 5.75 Å². The Bertz CT molecular complexity index is 758. The molecular weight excluding hydrogens is 284 g/mol. The third-order valence-electron chi connectivity index (χ3n) is 3.52. The fraction of sp³-hybridized carbons (Fsp3) is 0.188. The minimum Gasteiger partial charge on any atom is -0.481 e. The summed E-state index contributed by atoms with van der Waals surface area (Å²) in [5, 5.41) is 10.8. The van der Waals surface area contributed by atoms with E-state index >= 15 is 0 Å². The Morgan fingerprint density at radius 2 is 2.09 bits per heavy atom. The van der Waals surface area contributed by atoms with Gasteiger partial charge < -0.3 is 9.64 Å². The highest BCUT2D eigenvalue weighted by Gasteiger charge is 2.27. The lowest BCUT2D eigenvalue weighted by Gasteiger charge is -2.29. The first-order chi connectivity index (χ1) is 10.5. The number of hydrogen-bond donors (Lipinski definition) is 0. The number of aryl methyl sites for hydroxylation is 1. The predicted molar refractivity (Wildman–Crippen MR) is 81.0 cm³/mol. The molecule has 0 bridgehead atoms. The van der Waals surface area contributed by atoms with Crippen molar-refractivity contribution >= 4 is 17.3 Å². The van der Waals surface area contributed by atoms with Crippen LogP contribution in [0.3, 0.4) is 0 Å². The van der Waals surface area contributed by atoms with Gasteiger partial charge in [0.05, 0.1) is 23.2 Å². The quantitative estimate of drug-likeness (QED) is 0.645. The van der Waals surface area contributed by atoms with Gasteiger partial charge in [-0.15, -0.1) is 0 Å². The lowest BCUT2D eigenvalue weighted by atomic mass is 10.1. The summed E-state index contributed by atoms with van der Waals surface area (Å²) in [4.78, 5) is 24.1. The van der Waals surface area contributed by atoms with Crippen LogP contribution in [0.1, 0.15) is 11.1 Å². The molecule has 1 aliphatic heterocycles. The maximum atomic E-state index is 12.1. The predicted octanol–water partition coefficient (Wildman–Crippen LogP) is 2.83. The van der Waals surface area contributed by atoms with Crippen LogP contribution < -0.4 is 9.64 Å². The molecule has 0 saturated carbocycles. The van der Waals surface area contributed by atoms with Gasteiger partial charge in [0.15, 0.2) is 12.4 Å². The monoisotopic (exact) mass is 298 g/mol. The van der Waals surface area contributed by atoms with Gasteiger partial charge in [0.1, 0.15) is 0 Å². The fourth-order valence-electron chi connectivity index (χ4n) is 2.47. The molecule has 2 aromatic carbocycles. The van der Waals surface area contributed by atoms with E-state index in [0.29, 0.717) is 18.0 Å². The van der Waals surface area contributed by atoms with Crippen LogP contribution >= 0.6 is 0 Å². The SMILES string of the molecule is Cc1cccc(CN2C(=O)COc3cc([N+](=O)[O-])ccc32)c1. The van der Waals surface area contributed by atoms with Crippen LogP contribution in [-0.4, -0.2) is 17.4 Å². The van der Waals surface area contributed by atoms with E-state index in [1.165, 1.54) is 12.1 Å². The molecule has 6 heteroatoms. The zero-order valence-corrected chi connectivity index (χ0v) is 12.0. The molecule has 0 N–H and O–H groups in total. The minimum absolute atomic E-state index is 0.0522. The zero-order chi connectivity index (χ0) is 15.7. The molecule has 2 aromatic rings. The zero-order valence-electron chi connectivity index (χ0n) is 12.0. The van der Waals surface area contributed by atoms with Gasteiger partial charge in [0, 0.05) is 6.07 Å². The third kappa shape index (κ3) is 2.63. The molecule has 22 heavy (non-hydrogen) atoms. The van der Waals surface area contributed by atoms with E-state index in [0.717, 1.165) is 11.1 Å². The van der Waals surface area contributed by atoms with Crippen LogP contribution in [0.4, 0.5) is 11.4 Å². The number of carbonyl (C=O) groups excluding carboxylic acids is 1. The number of amides is 1. The second kappa shape index (κ2) is 5.48. The molecule has 0 saturated heterocycles. The van der Waals surface area contributed by atoms with Crippen molar-refractivity contribution in [2.45, 2.75) is 13.5 Å². The molecule has 0 spiro atoms. The maximum Gasteiger partial charge on any atom is 0.273 e. The van der Waals surface area contributed by atoms with Crippen LogP contribution in [0.2, 0.25) is 0 Å². The summed E-state index contributed by atoms with van der Waals surface area (Å²) >= 11 is 0. The highest BCUT2D eigenvalue weighted by atomic mass is 16.6. The van der Waals surface area contributed by atoms with E-state index in [1.807, 2.05) is 31.2 Å². The fourth-order valence-corrected chi connectivity index (χ4v) is 2.47. The van der Waals surface area contributed by atoms with Gasteiger partial charge in [0.25, 0.3) is 11.6 Å². The number of carbonyl (C=O) groups is 1. The molecule has 0 aliphatic carbocycles. The van der Waals surface area contributed by atoms with Crippen LogP contribution in [0.5, 0.6) is 5.75 Å². The molecule has 6 nitrogen and oxygen atoms in total. The van der Waals surface area contributed by atoms with E-state index < -0.39 is 4.92 Å². The van der Waals surface area contributed by atoms with Crippen molar-refractivity contribution in [3.63, 3.8) is 0 Å². The number of nitro groups is 1. The first-order valence-corrected chi connectivity index (χ1v) is 6.82. The normalized spacial score (nSPS) is 13.5. The van der Waals surface area contributed by atoms with Gasteiger partial charge >= 0.3 is 0 Å². The number of nitrogens with zero attached hydrogens (tertiary/aromatic N) is 2. The molecule has 0 atom stereocenters. The highest BCUT2D eigenvalue weighted by Crippen LogP contribution is 2.36. The maximum absolute atomic E-state index is 12.1. The summed E-state index contributed by atoms with van der Waals surface area (Å²) in [7, 11) is 0. The van der Waals surface area contributed by atoms with Gasteiger partial charge in [-0.05, 0) is 18.6 Å². The van der Waals surface area contributed by atoms with Gasteiger partial charge in [-0.1, -0.05) is 29.8 Å². The molecule has 112 valence electrons. The Morgan fingerprint density at radius 3 is 2.82 bits per heavy atom. The topological polar surface area (TPSA) is 72.7 Å². The van der Waals surface area contributed by atoms with E-state index in [2.05, 4.69) is 0 Å². The molecule has 0 radical (unpaired) electrons. The number of anilines is 1. The Morgan fingerprint density at radius 1 is 1.27 bits per heavy atom. The van der Waals surface area contributed by atoms with Gasteiger partial charge in [0.2, 0.25) is 0 Å². The summed E-state index contributed by atoms with van der Waals surface area (Å²) in [5.41, 5.74) is 2.62. The Hall–Kier alpha value is -2.89. The van der Waals surface area contributed by atoms with Crippen molar-refractivity contribution in [3.05, 3.63) is 63.7 Å². The molecule has 1 aliphatic rings. The van der Waals surface area contributed by atoms with Crippen molar-refractivity contribution in [1.29, 1.82) is 0 Å². The number of benzene rings is 2.